The van der Waals surface area contributed by atoms with Crippen molar-refractivity contribution in [2.24, 2.45) is 4.99 Å². The molecule has 1 saturated carbocycles. The van der Waals surface area contributed by atoms with Crippen LogP contribution in [0.5, 0.6) is 0 Å². The molecule has 1 spiro atoms. The Morgan fingerprint density at radius 3 is 2.43 bits per heavy atom. The van der Waals surface area contributed by atoms with Gasteiger partial charge in [-0.05, 0) is 0 Å². The summed E-state index contributed by atoms with van der Waals surface area (Å²) in [7, 11) is 0. The van der Waals surface area contributed by atoms with Crippen LogP contribution in [0.25, 0.3) is 0 Å². The molecule has 3 rings (SSSR count). The quantitative estimate of drug-likeness (QED) is 0.762. The van der Waals surface area contributed by atoms with E-state index >= 15 is 0 Å². The van der Waals surface area contributed by atoms with E-state index in [1.165, 1.54) is 54.5 Å². The third-order valence-electron chi connectivity index (χ3n) is 4.73. The van der Waals surface area contributed by atoms with E-state index < -0.39 is 0 Å². The molecule has 21 heavy (non-hydrogen) atoms. The van der Waals surface area contributed by atoms with Crippen molar-refractivity contribution in [3.63, 3.8) is 0 Å². The number of rotatable bonds is 2. The van der Waals surface area contributed by atoms with E-state index in [1.54, 1.807) is 0 Å². The molecule has 3 heteroatoms. The first-order valence-corrected chi connectivity index (χ1v) is 9.99. The van der Waals surface area contributed by atoms with Gasteiger partial charge < -0.3 is 0 Å². The van der Waals surface area contributed by atoms with Crippen LogP contribution in [0.4, 0.5) is 5.69 Å². The summed E-state index contributed by atoms with van der Waals surface area (Å²) < 4.78 is 1.89. The summed E-state index contributed by atoms with van der Waals surface area (Å²) >= 11 is 0.516. The number of anilines is 1. The number of benzene rings is 1. The zero-order valence-electron chi connectivity index (χ0n) is 13.2. The standard InChI is InChI=1S/C18H26N2Se/c1-14(2)15-6-8-16(9-7-15)20-17-19-13-12-18(21-17)10-4-3-5-11-18/h6-9,14H,3-5,10-13H2,1-2H3,(H,19,20). The van der Waals surface area contributed by atoms with Crippen LogP contribution < -0.4 is 5.32 Å². The average Bonchev–Trinajstić information content (AvgIpc) is 2.49. The van der Waals surface area contributed by atoms with Gasteiger partial charge in [0, 0.05) is 0 Å². The van der Waals surface area contributed by atoms with Crippen LogP contribution in [-0.4, -0.2) is 26.2 Å². The van der Waals surface area contributed by atoms with Crippen molar-refractivity contribution < 1.29 is 0 Å². The molecule has 0 unspecified atom stereocenters. The van der Waals surface area contributed by atoms with Gasteiger partial charge in [-0.2, -0.15) is 0 Å². The third kappa shape index (κ3) is 3.70. The van der Waals surface area contributed by atoms with Crippen LogP contribution in [0.1, 0.15) is 63.9 Å². The number of nitrogens with zero attached hydrogens (tertiary/aromatic N) is 1. The Bertz CT molecular complexity index is 498. The molecule has 2 nitrogen and oxygen atoms in total. The molecule has 0 radical (unpaired) electrons. The SMILES string of the molecule is CC(C)c1ccc(NC2=NCCC3(CCCCC3)[Se]2)cc1. The topological polar surface area (TPSA) is 24.4 Å². The normalized spacial score (nSPS) is 21.4. The van der Waals surface area contributed by atoms with E-state index in [1.807, 2.05) is 0 Å². The van der Waals surface area contributed by atoms with E-state index in [2.05, 4.69) is 43.4 Å². The monoisotopic (exact) mass is 350 g/mol. The number of hydrogen-bond acceptors (Lipinski definition) is 2. The second-order valence-corrected chi connectivity index (χ2v) is 9.74. The van der Waals surface area contributed by atoms with Gasteiger partial charge in [0.2, 0.25) is 0 Å². The molecule has 0 atom stereocenters. The second-order valence-electron chi connectivity index (χ2n) is 6.68. The summed E-state index contributed by atoms with van der Waals surface area (Å²) in [5.74, 6) is 0.598. The molecule has 1 aliphatic heterocycles. The van der Waals surface area contributed by atoms with Crippen molar-refractivity contribution in [2.45, 2.75) is 62.6 Å². The van der Waals surface area contributed by atoms with Gasteiger partial charge in [-0.15, -0.1) is 0 Å². The maximum absolute atomic E-state index is 4.77. The van der Waals surface area contributed by atoms with Crippen LogP contribution in [-0.2, 0) is 0 Å². The van der Waals surface area contributed by atoms with Crippen molar-refractivity contribution in [1.82, 2.24) is 0 Å². The predicted molar refractivity (Wildman–Crippen MR) is 92.6 cm³/mol. The molecular formula is C18H26N2Se. The summed E-state index contributed by atoms with van der Waals surface area (Å²) in [6, 6.07) is 8.88. The summed E-state index contributed by atoms with van der Waals surface area (Å²) in [5, 5.41) is 3.60. The van der Waals surface area contributed by atoms with E-state index in [4.69, 9.17) is 4.99 Å². The first-order chi connectivity index (χ1) is 10.2. The van der Waals surface area contributed by atoms with Crippen molar-refractivity contribution >= 4 is 25.4 Å². The van der Waals surface area contributed by atoms with Crippen LogP contribution in [0.15, 0.2) is 29.3 Å². The zero-order chi connectivity index (χ0) is 14.7. The fraction of sp³-hybridized carbons (Fsp3) is 0.611. The van der Waals surface area contributed by atoms with Crippen molar-refractivity contribution in [3.05, 3.63) is 29.8 Å². The Hall–Kier alpha value is -0.791. The Balaban J connectivity index is 1.65. The Morgan fingerprint density at radius 2 is 1.76 bits per heavy atom. The molecule has 1 fully saturated rings. The van der Waals surface area contributed by atoms with E-state index in [0.717, 1.165) is 6.54 Å². The minimum atomic E-state index is 0.516. The van der Waals surface area contributed by atoms with Crippen LogP contribution in [0.3, 0.4) is 0 Å². The van der Waals surface area contributed by atoms with Crippen molar-refractivity contribution in [3.8, 4) is 0 Å². The molecule has 0 bridgehead atoms. The summed E-state index contributed by atoms with van der Waals surface area (Å²) in [4.78, 5) is 4.77. The number of hydrogen-bond donors (Lipinski definition) is 1. The van der Waals surface area contributed by atoms with Crippen molar-refractivity contribution in [1.29, 1.82) is 0 Å². The third-order valence-corrected chi connectivity index (χ3v) is 7.81. The van der Waals surface area contributed by atoms with Gasteiger partial charge in [-0.1, -0.05) is 0 Å². The van der Waals surface area contributed by atoms with Gasteiger partial charge in [-0.25, -0.2) is 0 Å². The predicted octanol–water partition coefficient (Wildman–Crippen LogP) is 4.81. The molecular weight excluding hydrogens is 323 g/mol. The van der Waals surface area contributed by atoms with Gasteiger partial charge in [0.1, 0.15) is 0 Å². The number of aliphatic imine (C=N–C) groups is 1. The Kier molecular flexibility index (Phi) is 4.71. The van der Waals surface area contributed by atoms with Crippen LogP contribution in [0, 0.1) is 0 Å². The van der Waals surface area contributed by atoms with Gasteiger partial charge in [0.25, 0.3) is 0 Å². The molecule has 2 aliphatic rings. The molecule has 1 aliphatic carbocycles. The minimum absolute atomic E-state index is 0.516. The molecule has 1 aromatic carbocycles. The van der Waals surface area contributed by atoms with Crippen LogP contribution in [0.2, 0.25) is 4.31 Å². The van der Waals surface area contributed by atoms with Gasteiger partial charge in [0.05, 0.1) is 0 Å². The van der Waals surface area contributed by atoms with E-state index in [-0.39, 0.29) is 0 Å². The number of nitrogens with one attached hydrogen (secondary N) is 1. The van der Waals surface area contributed by atoms with Gasteiger partial charge >= 0.3 is 135 Å². The fourth-order valence-corrected chi connectivity index (χ4v) is 6.32. The zero-order valence-corrected chi connectivity index (χ0v) is 14.9. The molecule has 114 valence electrons. The van der Waals surface area contributed by atoms with Gasteiger partial charge in [0.15, 0.2) is 0 Å². The molecule has 1 aromatic rings. The summed E-state index contributed by atoms with van der Waals surface area (Å²) in [6.07, 6.45) is 8.48. The molecule has 1 heterocycles. The van der Waals surface area contributed by atoms with Crippen molar-refractivity contribution in [2.75, 3.05) is 11.9 Å². The first-order valence-electron chi connectivity index (χ1n) is 8.27. The Labute approximate surface area is 135 Å². The Morgan fingerprint density at radius 1 is 1.05 bits per heavy atom. The van der Waals surface area contributed by atoms with Gasteiger partial charge in [-0.3, -0.25) is 0 Å². The maximum atomic E-state index is 4.77. The second kappa shape index (κ2) is 6.54. The summed E-state index contributed by atoms with van der Waals surface area (Å²) in [5.41, 5.74) is 2.60. The van der Waals surface area contributed by atoms with E-state index in [0.29, 0.717) is 25.2 Å². The molecule has 0 amide bonds. The van der Waals surface area contributed by atoms with E-state index in [9.17, 15) is 0 Å². The average molecular weight is 349 g/mol. The first kappa shape index (κ1) is 15.1. The van der Waals surface area contributed by atoms with Crippen LogP contribution >= 0.6 is 0 Å². The number of amidine groups is 1. The fourth-order valence-electron chi connectivity index (χ4n) is 3.34. The summed E-state index contributed by atoms with van der Waals surface area (Å²) in [6.45, 7) is 5.50. The molecule has 0 saturated heterocycles. The molecule has 1 N–H and O–H groups in total. The molecule has 0 aromatic heterocycles.